The van der Waals surface area contributed by atoms with Crippen LogP contribution in [-0.2, 0) is 13.1 Å². The van der Waals surface area contributed by atoms with Gasteiger partial charge in [0.05, 0.1) is 6.54 Å². The van der Waals surface area contributed by atoms with E-state index in [9.17, 15) is 0 Å². The Balaban J connectivity index is 1.79. The number of nitrogens with zero attached hydrogens (tertiary/aromatic N) is 3. The van der Waals surface area contributed by atoms with Crippen molar-refractivity contribution >= 4 is 0 Å². The molecule has 26 heavy (non-hydrogen) atoms. The van der Waals surface area contributed by atoms with Crippen molar-refractivity contribution in [2.75, 3.05) is 13.2 Å². The van der Waals surface area contributed by atoms with E-state index in [2.05, 4.69) is 36.5 Å². The monoisotopic (exact) mass is 350 g/mol. The zero-order valence-corrected chi connectivity index (χ0v) is 15.2. The average molecular weight is 350 g/mol. The Labute approximate surface area is 154 Å². The molecule has 0 radical (unpaired) electrons. The second kappa shape index (κ2) is 9.27. The molecule has 5 nitrogen and oxygen atoms in total. The summed E-state index contributed by atoms with van der Waals surface area (Å²) in [6, 6.07) is 18.5. The number of aliphatic hydroxyl groups is 1. The molecule has 1 aromatic heterocycles. The van der Waals surface area contributed by atoms with Crippen LogP contribution in [0.3, 0.4) is 0 Å². The van der Waals surface area contributed by atoms with Crippen LogP contribution in [0, 0.1) is 6.92 Å². The lowest BCUT2D eigenvalue weighted by Gasteiger charge is -2.04. The molecular formula is C21H26N4O. The Hall–Kier alpha value is -2.50. The third kappa shape index (κ3) is 4.77. The van der Waals surface area contributed by atoms with Crippen LogP contribution < -0.4 is 5.32 Å². The molecule has 0 spiro atoms. The van der Waals surface area contributed by atoms with Crippen LogP contribution in [0.5, 0.6) is 0 Å². The van der Waals surface area contributed by atoms with E-state index in [0.717, 1.165) is 36.3 Å². The molecule has 0 unspecified atom stereocenters. The zero-order valence-electron chi connectivity index (χ0n) is 15.2. The fraction of sp³-hybridized carbons (Fsp3) is 0.333. The number of aliphatic hydroxyl groups excluding tert-OH is 1. The van der Waals surface area contributed by atoms with Crippen molar-refractivity contribution in [3.8, 4) is 11.3 Å². The number of aromatic nitrogens is 3. The highest BCUT2D eigenvalue weighted by molar-refractivity contribution is 5.60. The number of rotatable bonds is 9. The number of hydrogen-bond donors (Lipinski definition) is 2. The van der Waals surface area contributed by atoms with E-state index in [0.29, 0.717) is 13.1 Å². The van der Waals surface area contributed by atoms with Crippen LogP contribution in [0.2, 0.25) is 0 Å². The van der Waals surface area contributed by atoms with Crippen molar-refractivity contribution < 1.29 is 5.11 Å². The van der Waals surface area contributed by atoms with Crippen LogP contribution in [0.1, 0.15) is 29.7 Å². The first-order valence-electron chi connectivity index (χ1n) is 9.13. The molecule has 136 valence electrons. The summed E-state index contributed by atoms with van der Waals surface area (Å²) >= 11 is 0. The molecule has 2 N–H and O–H groups in total. The fourth-order valence-electron chi connectivity index (χ4n) is 2.90. The summed E-state index contributed by atoms with van der Waals surface area (Å²) in [4.78, 5) is 1.79. The maximum Gasteiger partial charge on any atom is 0.117 e. The minimum Gasteiger partial charge on any atom is -0.396 e. The Morgan fingerprint density at radius 3 is 2.50 bits per heavy atom. The van der Waals surface area contributed by atoms with Gasteiger partial charge in [0.25, 0.3) is 0 Å². The average Bonchev–Trinajstić information content (AvgIpc) is 3.07. The van der Waals surface area contributed by atoms with Crippen molar-refractivity contribution in [2.45, 2.75) is 32.9 Å². The van der Waals surface area contributed by atoms with Crippen LogP contribution in [-0.4, -0.2) is 33.3 Å². The standard InChI is InChI=1S/C21H26N4O/c1-17-9-5-6-12-19(17)16-25-23-20(15-22-13-7-8-14-26)21(24-25)18-10-3-2-4-11-18/h2-6,9-12,22,26H,7-8,13-16H2,1H3. The molecule has 0 aliphatic rings. The molecule has 2 aromatic carbocycles. The Morgan fingerprint density at radius 1 is 0.962 bits per heavy atom. The van der Waals surface area contributed by atoms with E-state index in [1.54, 1.807) is 4.80 Å². The van der Waals surface area contributed by atoms with E-state index in [1.165, 1.54) is 11.1 Å². The fourth-order valence-corrected chi connectivity index (χ4v) is 2.90. The number of benzene rings is 2. The van der Waals surface area contributed by atoms with Gasteiger partial charge in [-0.3, -0.25) is 0 Å². The van der Waals surface area contributed by atoms with Gasteiger partial charge in [-0.05, 0) is 37.4 Å². The molecule has 0 atom stereocenters. The summed E-state index contributed by atoms with van der Waals surface area (Å²) in [6.45, 7) is 4.55. The molecule has 0 fully saturated rings. The Bertz CT molecular complexity index is 814. The largest absolute Gasteiger partial charge is 0.396 e. The maximum absolute atomic E-state index is 8.89. The van der Waals surface area contributed by atoms with Gasteiger partial charge in [-0.2, -0.15) is 15.0 Å². The smallest absolute Gasteiger partial charge is 0.117 e. The van der Waals surface area contributed by atoms with Crippen LogP contribution >= 0.6 is 0 Å². The van der Waals surface area contributed by atoms with Gasteiger partial charge in [0, 0.05) is 18.7 Å². The predicted octanol–water partition coefficient (Wildman–Crippen LogP) is 3.16. The minimum atomic E-state index is 0.240. The van der Waals surface area contributed by atoms with E-state index in [1.807, 2.05) is 30.3 Å². The van der Waals surface area contributed by atoms with Crippen LogP contribution in [0.25, 0.3) is 11.3 Å². The SMILES string of the molecule is Cc1ccccc1Cn1nc(CNCCCCO)c(-c2ccccc2)n1. The first-order valence-corrected chi connectivity index (χ1v) is 9.13. The summed E-state index contributed by atoms with van der Waals surface area (Å²) in [6.07, 6.45) is 1.77. The summed E-state index contributed by atoms with van der Waals surface area (Å²) in [5.74, 6) is 0. The highest BCUT2D eigenvalue weighted by Gasteiger charge is 2.13. The normalized spacial score (nSPS) is 11.0. The molecule has 3 rings (SSSR count). The maximum atomic E-state index is 8.89. The predicted molar refractivity (Wildman–Crippen MR) is 104 cm³/mol. The second-order valence-corrected chi connectivity index (χ2v) is 6.43. The highest BCUT2D eigenvalue weighted by atomic mass is 16.2. The molecule has 0 bridgehead atoms. The highest BCUT2D eigenvalue weighted by Crippen LogP contribution is 2.20. The molecule has 3 aromatic rings. The Kier molecular flexibility index (Phi) is 6.52. The van der Waals surface area contributed by atoms with Gasteiger partial charge < -0.3 is 10.4 Å². The van der Waals surface area contributed by atoms with E-state index >= 15 is 0 Å². The lowest BCUT2D eigenvalue weighted by Crippen LogP contribution is -2.16. The number of unbranched alkanes of at least 4 members (excludes halogenated alkanes) is 1. The van der Waals surface area contributed by atoms with E-state index < -0.39 is 0 Å². The number of hydrogen-bond acceptors (Lipinski definition) is 4. The molecule has 0 saturated carbocycles. The summed E-state index contributed by atoms with van der Waals surface area (Å²) in [5.41, 5.74) is 5.43. The first-order chi connectivity index (χ1) is 12.8. The molecule has 0 saturated heterocycles. The van der Waals surface area contributed by atoms with Crippen molar-refractivity contribution in [3.05, 3.63) is 71.4 Å². The number of nitrogens with one attached hydrogen (secondary N) is 1. The molecule has 0 aliphatic carbocycles. The van der Waals surface area contributed by atoms with Gasteiger partial charge in [-0.15, -0.1) is 0 Å². The van der Waals surface area contributed by atoms with Crippen molar-refractivity contribution in [3.63, 3.8) is 0 Å². The lowest BCUT2D eigenvalue weighted by molar-refractivity contribution is 0.283. The van der Waals surface area contributed by atoms with Crippen molar-refractivity contribution in [2.24, 2.45) is 0 Å². The van der Waals surface area contributed by atoms with Gasteiger partial charge in [0.2, 0.25) is 0 Å². The second-order valence-electron chi connectivity index (χ2n) is 6.43. The molecule has 5 heteroatoms. The van der Waals surface area contributed by atoms with Crippen LogP contribution in [0.4, 0.5) is 0 Å². The minimum absolute atomic E-state index is 0.240. The molecule has 1 heterocycles. The zero-order chi connectivity index (χ0) is 18.2. The van der Waals surface area contributed by atoms with Crippen molar-refractivity contribution in [1.29, 1.82) is 0 Å². The summed E-state index contributed by atoms with van der Waals surface area (Å²) in [5, 5.41) is 21.8. The van der Waals surface area contributed by atoms with Crippen LogP contribution in [0.15, 0.2) is 54.6 Å². The summed E-state index contributed by atoms with van der Waals surface area (Å²) < 4.78 is 0. The van der Waals surface area contributed by atoms with E-state index in [-0.39, 0.29) is 6.61 Å². The van der Waals surface area contributed by atoms with Gasteiger partial charge in [0.15, 0.2) is 0 Å². The topological polar surface area (TPSA) is 63.0 Å². The van der Waals surface area contributed by atoms with Gasteiger partial charge in [0.1, 0.15) is 11.4 Å². The Morgan fingerprint density at radius 2 is 1.73 bits per heavy atom. The van der Waals surface area contributed by atoms with Gasteiger partial charge >= 0.3 is 0 Å². The molecule has 0 aliphatic heterocycles. The summed E-state index contributed by atoms with van der Waals surface area (Å²) in [7, 11) is 0. The van der Waals surface area contributed by atoms with Gasteiger partial charge in [-0.1, -0.05) is 54.6 Å². The van der Waals surface area contributed by atoms with Crippen molar-refractivity contribution in [1.82, 2.24) is 20.3 Å². The third-order valence-corrected chi connectivity index (χ3v) is 4.40. The quantitative estimate of drug-likeness (QED) is 0.582. The molecule has 0 amide bonds. The number of aryl methyl sites for hydroxylation is 1. The molecular weight excluding hydrogens is 324 g/mol. The van der Waals surface area contributed by atoms with Gasteiger partial charge in [-0.25, -0.2) is 0 Å². The van der Waals surface area contributed by atoms with E-state index in [4.69, 9.17) is 15.3 Å². The first kappa shape index (κ1) is 18.3. The lowest BCUT2D eigenvalue weighted by atomic mass is 10.1. The third-order valence-electron chi connectivity index (χ3n) is 4.40.